The van der Waals surface area contributed by atoms with Crippen molar-refractivity contribution in [1.82, 2.24) is 4.90 Å². The molecule has 2 atom stereocenters. The summed E-state index contributed by atoms with van der Waals surface area (Å²) in [5, 5.41) is 1.33. The number of morpholine rings is 1. The molecular formula is C12H15BrN2O3S2. The Labute approximate surface area is 134 Å². The zero-order valence-electron chi connectivity index (χ0n) is 11.0. The Balaban J connectivity index is 1.68. The normalized spacial score (nSPS) is 29.5. The summed E-state index contributed by atoms with van der Waals surface area (Å²) in [5.41, 5.74) is 0. The van der Waals surface area contributed by atoms with Crippen molar-refractivity contribution in [3.05, 3.63) is 9.39 Å². The molecule has 0 saturated carbocycles. The largest absolute Gasteiger partial charge is 0.462 e. The maximum atomic E-state index is 11.9. The Morgan fingerprint density at radius 2 is 2.25 bits per heavy atom. The van der Waals surface area contributed by atoms with Crippen molar-refractivity contribution < 1.29 is 14.3 Å². The lowest BCUT2D eigenvalue weighted by Gasteiger charge is -2.28. The smallest absolute Gasteiger partial charge is 0.345 e. The predicted octanol–water partition coefficient (Wildman–Crippen LogP) is 2.03. The van der Waals surface area contributed by atoms with E-state index in [1.165, 1.54) is 11.8 Å². The third kappa shape index (κ3) is 2.75. The minimum absolute atomic E-state index is 0.0756. The number of thioether (sulfide) groups is 2. The Morgan fingerprint density at radius 3 is 2.90 bits per heavy atom. The van der Waals surface area contributed by atoms with Gasteiger partial charge in [0.2, 0.25) is 0 Å². The van der Waals surface area contributed by atoms with Gasteiger partial charge in [-0.1, -0.05) is 39.5 Å². The Kier molecular flexibility index (Phi) is 4.64. The molecule has 5 nitrogen and oxygen atoms in total. The monoisotopic (exact) mass is 378 g/mol. The van der Waals surface area contributed by atoms with Gasteiger partial charge in [0.1, 0.15) is 10.3 Å². The fourth-order valence-electron chi connectivity index (χ4n) is 2.20. The molecule has 3 aliphatic heterocycles. The molecule has 0 aromatic carbocycles. The topological polar surface area (TPSA) is 51.1 Å². The fraction of sp³-hybridized carbons (Fsp3) is 0.667. The first-order valence-corrected chi connectivity index (χ1v) is 9.06. The second-order valence-corrected chi connectivity index (χ2v) is 7.55. The predicted molar refractivity (Wildman–Crippen MR) is 85.2 cm³/mol. The van der Waals surface area contributed by atoms with Crippen LogP contribution in [-0.4, -0.2) is 59.6 Å². The van der Waals surface area contributed by atoms with Crippen LogP contribution in [0, 0.1) is 0 Å². The quantitative estimate of drug-likeness (QED) is 0.685. The third-order valence-corrected chi connectivity index (χ3v) is 7.37. The summed E-state index contributed by atoms with van der Waals surface area (Å²) in [5.74, 6) is -0.248. The number of aliphatic imine (C=N–C) groups is 1. The van der Waals surface area contributed by atoms with Crippen LogP contribution in [0.4, 0.5) is 0 Å². The molecule has 0 aliphatic carbocycles. The van der Waals surface area contributed by atoms with E-state index >= 15 is 0 Å². The molecule has 0 N–H and O–H groups in total. The average Bonchev–Trinajstić information content (AvgIpc) is 3.00. The Hall–Kier alpha value is -0.180. The van der Waals surface area contributed by atoms with Crippen molar-refractivity contribution in [3.8, 4) is 0 Å². The van der Waals surface area contributed by atoms with Gasteiger partial charge in [-0.15, -0.1) is 0 Å². The number of esters is 1. The lowest BCUT2D eigenvalue weighted by atomic mass is 10.3. The van der Waals surface area contributed by atoms with Gasteiger partial charge >= 0.3 is 5.97 Å². The van der Waals surface area contributed by atoms with Crippen LogP contribution in [0.3, 0.4) is 0 Å². The van der Waals surface area contributed by atoms with Crippen molar-refractivity contribution in [3.63, 3.8) is 0 Å². The van der Waals surface area contributed by atoms with Gasteiger partial charge in [0, 0.05) is 17.6 Å². The lowest BCUT2D eigenvalue weighted by molar-refractivity contribution is -0.137. The standard InChI is InChI=1S/C12H15BrN2O3S2/c1-2-18-11(16)9-7(13)8-10(19-9)14-12(20-8)15-3-5-17-6-4-15/h8,10H,2-6H2,1H3. The lowest BCUT2D eigenvalue weighted by Crippen LogP contribution is -2.39. The number of rotatable bonds is 2. The summed E-state index contributed by atoms with van der Waals surface area (Å²) in [7, 11) is 0. The summed E-state index contributed by atoms with van der Waals surface area (Å²) in [6, 6.07) is 0. The number of carbonyl (C=O) groups is 1. The third-order valence-electron chi connectivity index (χ3n) is 3.18. The molecule has 2 unspecified atom stereocenters. The van der Waals surface area contributed by atoms with Gasteiger partial charge in [-0.3, -0.25) is 0 Å². The van der Waals surface area contributed by atoms with Gasteiger partial charge in [0.05, 0.1) is 25.1 Å². The van der Waals surface area contributed by atoms with E-state index in [9.17, 15) is 4.79 Å². The van der Waals surface area contributed by atoms with E-state index in [4.69, 9.17) is 14.5 Å². The van der Waals surface area contributed by atoms with E-state index in [-0.39, 0.29) is 16.6 Å². The highest BCUT2D eigenvalue weighted by molar-refractivity contribution is 9.12. The first-order valence-electron chi connectivity index (χ1n) is 6.51. The second kappa shape index (κ2) is 6.29. The van der Waals surface area contributed by atoms with E-state index < -0.39 is 0 Å². The Morgan fingerprint density at radius 1 is 1.50 bits per heavy atom. The van der Waals surface area contributed by atoms with Gasteiger partial charge in [-0.25, -0.2) is 9.79 Å². The van der Waals surface area contributed by atoms with E-state index in [1.807, 2.05) is 6.92 Å². The SMILES string of the molecule is CCOC(=O)C1=C(Br)C2SC(N3CCOCC3)=NC2S1. The molecule has 110 valence electrons. The average molecular weight is 379 g/mol. The maximum Gasteiger partial charge on any atom is 0.345 e. The summed E-state index contributed by atoms with van der Waals surface area (Å²) in [6.07, 6.45) is 0. The molecule has 1 saturated heterocycles. The summed E-state index contributed by atoms with van der Waals surface area (Å²) < 4.78 is 11.4. The molecule has 20 heavy (non-hydrogen) atoms. The molecule has 0 amide bonds. The van der Waals surface area contributed by atoms with E-state index in [0.29, 0.717) is 11.5 Å². The number of fused-ring (bicyclic) bond motifs is 1. The Bertz CT molecular complexity index is 477. The maximum absolute atomic E-state index is 11.9. The zero-order valence-corrected chi connectivity index (χ0v) is 14.2. The van der Waals surface area contributed by atoms with Crippen LogP contribution in [-0.2, 0) is 14.3 Å². The molecule has 8 heteroatoms. The highest BCUT2D eigenvalue weighted by Gasteiger charge is 2.44. The molecule has 0 radical (unpaired) electrons. The van der Waals surface area contributed by atoms with Crippen molar-refractivity contribution in [2.75, 3.05) is 32.9 Å². The van der Waals surface area contributed by atoms with Crippen LogP contribution in [0.15, 0.2) is 14.4 Å². The number of hydrogen-bond donors (Lipinski definition) is 0. The van der Waals surface area contributed by atoms with Crippen LogP contribution in [0.2, 0.25) is 0 Å². The van der Waals surface area contributed by atoms with Crippen molar-refractivity contribution >= 4 is 50.6 Å². The second-order valence-electron chi connectivity index (χ2n) is 4.46. The number of hydrogen-bond acceptors (Lipinski definition) is 7. The van der Waals surface area contributed by atoms with Crippen molar-refractivity contribution in [2.24, 2.45) is 4.99 Å². The fourth-order valence-corrected chi connectivity index (χ4v) is 6.01. The number of nitrogens with zero attached hydrogens (tertiary/aromatic N) is 2. The number of carbonyl (C=O) groups excluding carboxylic acids is 1. The van der Waals surface area contributed by atoms with Crippen molar-refractivity contribution in [2.45, 2.75) is 17.5 Å². The van der Waals surface area contributed by atoms with Gasteiger partial charge in [0.15, 0.2) is 5.17 Å². The highest BCUT2D eigenvalue weighted by atomic mass is 79.9. The first-order chi connectivity index (χ1) is 9.70. The number of amidine groups is 1. The van der Waals surface area contributed by atoms with Crippen LogP contribution < -0.4 is 0 Å². The van der Waals surface area contributed by atoms with Crippen LogP contribution in [0.1, 0.15) is 6.92 Å². The summed E-state index contributed by atoms with van der Waals surface area (Å²) >= 11 is 6.77. The van der Waals surface area contributed by atoms with Crippen molar-refractivity contribution in [1.29, 1.82) is 0 Å². The van der Waals surface area contributed by atoms with Gasteiger partial charge in [-0.05, 0) is 6.92 Å². The highest BCUT2D eigenvalue weighted by Crippen LogP contribution is 2.51. The minimum atomic E-state index is -0.248. The molecule has 0 spiro atoms. The minimum Gasteiger partial charge on any atom is -0.462 e. The molecule has 0 aromatic rings. The van der Waals surface area contributed by atoms with Crippen LogP contribution >= 0.6 is 39.5 Å². The molecule has 3 rings (SSSR count). The van der Waals surface area contributed by atoms with Crippen LogP contribution in [0.5, 0.6) is 0 Å². The first kappa shape index (κ1) is 14.7. The van der Waals surface area contributed by atoms with E-state index in [0.717, 1.165) is 36.0 Å². The number of halogens is 1. The number of ether oxygens (including phenoxy) is 2. The van der Waals surface area contributed by atoms with E-state index in [2.05, 4.69) is 20.8 Å². The van der Waals surface area contributed by atoms with E-state index in [1.54, 1.807) is 11.8 Å². The zero-order chi connectivity index (χ0) is 14.1. The molecule has 3 aliphatic rings. The molecule has 3 heterocycles. The van der Waals surface area contributed by atoms with Gasteiger partial charge in [0.25, 0.3) is 0 Å². The summed E-state index contributed by atoms with van der Waals surface area (Å²) in [4.78, 5) is 19.5. The molecule has 0 bridgehead atoms. The summed E-state index contributed by atoms with van der Waals surface area (Å²) in [6.45, 7) is 5.51. The molecular weight excluding hydrogens is 364 g/mol. The van der Waals surface area contributed by atoms with Crippen LogP contribution in [0.25, 0.3) is 0 Å². The molecule has 0 aromatic heterocycles. The van der Waals surface area contributed by atoms with Gasteiger partial charge in [-0.2, -0.15) is 0 Å². The van der Waals surface area contributed by atoms with Gasteiger partial charge < -0.3 is 14.4 Å². The molecule has 1 fully saturated rings.